The Morgan fingerprint density at radius 1 is 1.10 bits per heavy atom. The molecule has 0 heterocycles. The van der Waals surface area contributed by atoms with E-state index < -0.39 is 6.04 Å². The first kappa shape index (κ1) is 15.1. The fourth-order valence-corrected chi connectivity index (χ4v) is 2.06. The molecule has 0 aliphatic rings. The number of rotatable bonds is 4. The molecule has 2 rings (SSSR count). The zero-order chi connectivity index (χ0) is 15.2. The van der Waals surface area contributed by atoms with Crippen LogP contribution >= 0.6 is 0 Å². The van der Waals surface area contributed by atoms with Gasteiger partial charge in [-0.1, -0.05) is 36.4 Å². The van der Waals surface area contributed by atoms with Crippen LogP contribution in [-0.4, -0.2) is 17.7 Å². The Bertz CT molecular complexity index is 611. The Morgan fingerprint density at radius 2 is 1.81 bits per heavy atom. The van der Waals surface area contributed by atoms with Gasteiger partial charge in [0, 0.05) is 5.69 Å². The number of amides is 2. The molecule has 2 amide bonds. The van der Waals surface area contributed by atoms with Crippen molar-refractivity contribution in [3.8, 4) is 0 Å². The predicted molar refractivity (Wildman–Crippen MR) is 84.3 cm³/mol. The molecule has 0 spiro atoms. The molecule has 0 saturated carbocycles. The lowest BCUT2D eigenvalue weighted by Gasteiger charge is -2.17. The van der Waals surface area contributed by atoms with Gasteiger partial charge in [-0.05, 0) is 42.7 Å². The summed E-state index contributed by atoms with van der Waals surface area (Å²) in [7, 11) is 0. The van der Waals surface area contributed by atoms with E-state index in [1.165, 1.54) is 5.56 Å². The Labute approximate surface area is 124 Å². The Morgan fingerprint density at radius 3 is 2.43 bits per heavy atom. The van der Waals surface area contributed by atoms with E-state index in [-0.39, 0.29) is 12.6 Å². The highest BCUT2D eigenvalue weighted by Gasteiger charge is 2.13. The molecule has 0 unspecified atom stereocenters. The van der Waals surface area contributed by atoms with E-state index in [0.717, 1.165) is 16.8 Å². The van der Waals surface area contributed by atoms with Crippen LogP contribution in [0.15, 0.2) is 48.5 Å². The Balaban J connectivity index is 2.01. The van der Waals surface area contributed by atoms with Gasteiger partial charge in [-0.3, -0.25) is 0 Å². The van der Waals surface area contributed by atoms with Crippen molar-refractivity contribution in [3.63, 3.8) is 0 Å². The minimum absolute atomic E-state index is 0.148. The van der Waals surface area contributed by atoms with Crippen LogP contribution in [0.25, 0.3) is 0 Å². The highest BCUT2D eigenvalue weighted by atomic mass is 16.3. The van der Waals surface area contributed by atoms with Gasteiger partial charge < -0.3 is 15.7 Å². The van der Waals surface area contributed by atoms with Crippen molar-refractivity contribution in [1.82, 2.24) is 5.32 Å². The molecule has 0 saturated heterocycles. The zero-order valence-corrected chi connectivity index (χ0v) is 12.3. The third kappa shape index (κ3) is 4.07. The summed E-state index contributed by atoms with van der Waals surface area (Å²) < 4.78 is 0. The van der Waals surface area contributed by atoms with E-state index in [9.17, 15) is 9.90 Å². The van der Waals surface area contributed by atoms with Crippen molar-refractivity contribution in [2.75, 3.05) is 11.9 Å². The molecule has 0 bridgehead atoms. The normalized spacial score (nSPS) is 11.8. The summed E-state index contributed by atoms with van der Waals surface area (Å²) in [6, 6.07) is 14.4. The average molecular weight is 284 g/mol. The van der Waals surface area contributed by atoms with Crippen molar-refractivity contribution in [2.45, 2.75) is 19.9 Å². The standard InChI is InChI=1S/C17H20N2O2/c1-12-8-9-15(10-13(12)2)18-17(21)19-16(11-20)14-6-4-3-5-7-14/h3-10,16,20H,11H2,1-2H3,(H2,18,19,21)/t16-/m1/s1. The van der Waals surface area contributed by atoms with E-state index in [4.69, 9.17) is 0 Å². The molecule has 110 valence electrons. The Hall–Kier alpha value is -2.33. The maximum absolute atomic E-state index is 12.0. The van der Waals surface area contributed by atoms with Crippen LogP contribution in [0.5, 0.6) is 0 Å². The van der Waals surface area contributed by atoms with Crippen LogP contribution in [0.2, 0.25) is 0 Å². The smallest absolute Gasteiger partial charge is 0.319 e. The molecule has 0 fully saturated rings. The molecular formula is C17H20N2O2. The quantitative estimate of drug-likeness (QED) is 0.807. The maximum atomic E-state index is 12.0. The number of hydrogen-bond donors (Lipinski definition) is 3. The summed E-state index contributed by atoms with van der Waals surface area (Å²) in [4.78, 5) is 12.0. The third-order valence-corrected chi connectivity index (χ3v) is 3.45. The second kappa shape index (κ2) is 6.90. The highest BCUT2D eigenvalue weighted by Crippen LogP contribution is 2.15. The number of aliphatic hydroxyl groups is 1. The minimum atomic E-state index is -0.419. The second-order valence-electron chi connectivity index (χ2n) is 5.04. The molecular weight excluding hydrogens is 264 g/mol. The first-order chi connectivity index (χ1) is 10.1. The zero-order valence-electron chi connectivity index (χ0n) is 12.3. The van der Waals surface area contributed by atoms with Gasteiger partial charge in [-0.15, -0.1) is 0 Å². The minimum Gasteiger partial charge on any atom is -0.394 e. The molecule has 4 heteroatoms. The van der Waals surface area contributed by atoms with E-state index in [0.29, 0.717) is 0 Å². The van der Waals surface area contributed by atoms with Gasteiger partial charge in [-0.25, -0.2) is 4.79 Å². The lowest BCUT2D eigenvalue weighted by atomic mass is 10.1. The van der Waals surface area contributed by atoms with Crippen LogP contribution in [0.4, 0.5) is 10.5 Å². The van der Waals surface area contributed by atoms with Crippen LogP contribution in [0.3, 0.4) is 0 Å². The molecule has 1 atom stereocenters. The molecule has 3 N–H and O–H groups in total. The number of anilines is 1. The first-order valence-corrected chi connectivity index (χ1v) is 6.90. The molecule has 0 aliphatic carbocycles. The van der Waals surface area contributed by atoms with Crippen molar-refractivity contribution >= 4 is 11.7 Å². The number of aliphatic hydroxyl groups excluding tert-OH is 1. The molecule has 21 heavy (non-hydrogen) atoms. The van der Waals surface area contributed by atoms with Crippen molar-refractivity contribution in [2.24, 2.45) is 0 Å². The van der Waals surface area contributed by atoms with Crippen molar-refractivity contribution < 1.29 is 9.90 Å². The van der Waals surface area contributed by atoms with Crippen molar-refractivity contribution in [3.05, 3.63) is 65.2 Å². The second-order valence-corrected chi connectivity index (χ2v) is 5.04. The summed E-state index contributed by atoms with van der Waals surface area (Å²) >= 11 is 0. The van der Waals surface area contributed by atoms with Gasteiger partial charge in [0.2, 0.25) is 0 Å². The molecule has 2 aromatic rings. The average Bonchev–Trinajstić information content (AvgIpc) is 2.49. The number of nitrogens with one attached hydrogen (secondary N) is 2. The van der Waals surface area contributed by atoms with Crippen LogP contribution in [-0.2, 0) is 0 Å². The van der Waals surface area contributed by atoms with Gasteiger partial charge in [0.25, 0.3) is 0 Å². The first-order valence-electron chi connectivity index (χ1n) is 6.90. The van der Waals surface area contributed by atoms with Crippen LogP contribution in [0, 0.1) is 13.8 Å². The summed E-state index contributed by atoms with van der Waals surface area (Å²) in [6.07, 6.45) is 0. The van der Waals surface area contributed by atoms with E-state index in [1.807, 2.05) is 62.4 Å². The molecule has 0 aromatic heterocycles. The van der Waals surface area contributed by atoms with Gasteiger partial charge in [0.15, 0.2) is 0 Å². The number of carbonyl (C=O) groups is 1. The Kier molecular flexibility index (Phi) is 4.95. The predicted octanol–water partition coefficient (Wildman–Crippen LogP) is 3.16. The van der Waals surface area contributed by atoms with E-state index in [2.05, 4.69) is 10.6 Å². The number of aryl methyl sites for hydroxylation is 2. The van der Waals surface area contributed by atoms with Gasteiger partial charge >= 0.3 is 6.03 Å². The van der Waals surface area contributed by atoms with E-state index >= 15 is 0 Å². The summed E-state index contributed by atoms with van der Waals surface area (Å²) in [6.45, 7) is 3.87. The molecule has 0 radical (unpaired) electrons. The summed E-state index contributed by atoms with van der Waals surface area (Å²) in [5.74, 6) is 0. The van der Waals surface area contributed by atoms with Gasteiger partial charge in [-0.2, -0.15) is 0 Å². The fraction of sp³-hybridized carbons (Fsp3) is 0.235. The number of carbonyl (C=O) groups excluding carboxylic acids is 1. The SMILES string of the molecule is Cc1ccc(NC(=O)N[C@H](CO)c2ccccc2)cc1C. The topological polar surface area (TPSA) is 61.4 Å². The third-order valence-electron chi connectivity index (χ3n) is 3.45. The molecule has 2 aromatic carbocycles. The number of benzene rings is 2. The highest BCUT2D eigenvalue weighted by molar-refractivity contribution is 5.89. The van der Waals surface area contributed by atoms with Gasteiger partial charge in [0.1, 0.15) is 0 Å². The fourth-order valence-electron chi connectivity index (χ4n) is 2.06. The van der Waals surface area contributed by atoms with Crippen LogP contribution < -0.4 is 10.6 Å². The lowest BCUT2D eigenvalue weighted by molar-refractivity contribution is 0.225. The van der Waals surface area contributed by atoms with E-state index in [1.54, 1.807) is 0 Å². The molecule has 0 aliphatic heterocycles. The molecule has 4 nitrogen and oxygen atoms in total. The monoisotopic (exact) mass is 284 g/mol. The van der Waals surface area contributed by atoms with Gasteiger partial charge in [0.05, 0.1) is 12.6 Å². The largest absolute Gasteiger partial charge is 0.394 e. The number of urea groups is 1. The summed E-state index contributed by atoms with van der Waals surface area (Å²) in [5, 5.41) is 15.0. The van der Waals surface area contributed by atoms with Crippen molar-refractivity contribution in [1.29, 1.82) is 0 Å². The van der Waals surface area contributed by atoms with Crippen LogP contribution in [0.1, 0.15) is 22.7 Å². The lowest BCUT2D eigenvalue weighted by Crippen LogP contribution is -2.34. The summed E-state index contributed by atoms with van der Waals surface area (Å²) in [5.41, 5.74) is 3.91. The maximum Gasteiger partial charge on any atom is 0.319 e. The number of hydrogen-bond acceptors (Lipinski definition) is 2.